The molecule has 1 heterocycles. The number of sulfonamides is 1. The molecule has 3 N–H and O–H groups in total. The Labute approximate surface area is 192 Å². The van der Waals surface area contributed by atoms with Gasteiger partial charge < -0.3 is 10.2 Å². The second-order valence-corrected chi connectivity index (χ2v) is 9.56. The molecule has 166 valence electrons. The molecule has 8 nitrogen and oxygen atoms in total. The molecule has 31 heavy (non-hydrogen) atoms. The van der Waals surface area contributed by atoms with Gasteiger partial charge in [0.2, 0.25) is 10.0 Å². The number of nitrogens with zero attached hydrogens (tertiary/aromatic N) is 2. The van der Waals surface area contributed by atoms with E-state index in [-0.39, 0.29) is 20.6 Å². The zero-order valence-electron chi connectivity index (χ0n) is 17.0. The number of thiocarbonyl (C=S) groups is 1. The molecule has 1 aliphatic rings. The fourth-order valence-corrected chi connectivity index (χ4v) is 5.05. The van der Waals surface area contributed by atoms with Crippen molar-refractivity contribution < 1.29 is 13.2 Å². The van der Waals surface area contributed by atoms with Gasteiger partial charge in [0.25, 0.3) is 5.91 Å². The first-order valence-corrected chi connectivity index (χ1v) is 12.0. The number of carbonyl (C=O) groups is 1. The molecular weight excluding hydrogens is 458 g/mol. The number of piperazine rings is 1. The minimum Gasteiger partial charge on any atom is -0.369 e. The third kappa shape index (κ3) is 5.65. The Kier molecular flexibility index (Phi) is 7.71. The molecule has 0 saturated carbocycles. The molecule has 0 atom stereocenters. The van der Waals surface area contributed by atoms with Crippen molar-refractivity contribution >= 4 is 50.5 Å². The smallest absolute Gasteiger partial charge is 0.271 e. The van der Waals surface area contributed by atoms with Crippen LogP contribution in [0.5, 0.6) is 0 Å². The van der Waals surface area contributed by atoms with E-state index >= 15 is 0 Å². The van der Waals surface area contributed by atoms with Gasteiger partial charge in [-0.1, -0.05) is 29.8 Å². The summed E-state index contributed by atoms with van der Waals surface area (Å²) in [5, 5.41) is 3.21. The van der Waals surface area contributed by atoms with Crippen molar-refractivity contribution in [3.8, 4) is 0 Å². The lowest BCUT2D eigenvalue weighted by Gasteiger charge is -2.35. The van der Waals surface area contributed by atoms with Gasteiger partial charge in [-0.15, -0.1) is 0 Å². The molecule has 1 aliphatic heterocycles. The Morgan fingerprint density at radius 2 is 1.74 bits per heavy atom. The normalized spacial score (nSPS) is 14.7. The second kappa shape index (κ2) is 10.3. The van der Waals surface area contributed by atoms with Crippen molar-refractivity contribution in [3.63, 3.8) is 0 Å². The van der Waals surface area contributed by atoms with E-state index in [0.29, 0.717) is 32.7 Å². The molecule has 1 fully saturated rings. The largest absolute Gasteiger partial charge is 0.369 e. The van der Waals surface area contributed by atoms with Gasteiger partial charge in [0.1, 0.15) is 0 Å². The summed E-state index contributed by atoms with van der Waals surface area (Å²) in [6, 6.07) is 14.0. The van der Waals surface area contributed by atoms with E-state index in [2.05, 4.69) is 21.1 Å². The molecule has 0 bridgehead atoms. The maximum Gasteiger partial charge on any atom is 0.271 e. The first-order valence-electron chi connectivity index (χ1n) is 9.77. The van der Waals surface area contributed by atoms with E-state index in [1.54, 1.807) is 0 Å². The summed E-state index contributed by atoms with van der Waals surface area (Å²) in [7, 11) is -3.77. The van der Waals surface area contributed by atoms with Crippen molar-refractivity contribution in [2.75, 3.05) is 37.6 Å². The van der Waals surface area contributed by atoms with Gasteiger partial charge in [0.05, 0.1) is 15.5 Å². The van der Waals surface area contributed by atoms with Crippen molar-refractivity contribution in [2.45, 2.75) is 11.8 Å². The average molecular weight is 482 g/mol. The minimum atomic E-state index is -3.77. The van der Waals surface area contributed by atoms with Crippen LogP contribution in [0.2, 0.25) is 5.02 Å². The van der Waals surface area contributed by atoms with Crippen LogP contribution in [0.15, 0.2) is 53.4 Å². The summed E-state index contributed by atoms with van der Waals surface area (Å²) in [6.07, 6.45) is 0. The molecule has 0 aromatic heterocycles. The van der Waals surface area contributed by atoms with Crippen LogP contribution in [-0.2, 0) is 10.0 Å². The lowest BCUT2D eigenvalue weighted by Crippen LogP contribution is -2.48. The molecule has 1 amide bonds. The molecule has 2 aromatic carbocycles. The van der Waals surface area contributed by atoms with Crippen molar-refractivity contribution in [2.24, 2.45) is 0 Å². The van der Waals surface area contributed by atoms with Gasteiger partial charge in [-0.05, 0) is 49.5 Å². The standard InChI is InChI=1S/C20H24ClN5O3S2/c1-2-22-20(30)24-23-19(27)17-14-16(8-9-18(17)21)31(28,29)26-12-10-25(11-13-26)15-6-4-3-5-7-15/h3-9,14H,2,10-13H2,1H3,(H,23,27)(H2,22,24,30). The van der Waals surface area contributed by atoms with E-state index in [9.17, 15) is 13.2 Å². The highest BCUT2D eigenvalue weighted by Gasteiger charge is 2.29. The maximum atomic E-state index is 13.2. The van der Waals surface area contributed by atoms with Crippen LogP contribution in [0, 0.1) is 0 Å². The SMILES string of the molecule is CCNC(=S)NNC(=O)c1cc(S(=O)(=O)N2CCN(c3ccccc3)CC2)ccc1Cl. The van der Waals surface area contributed by atoms with Crippen LogP contribution in [0.25, 0.3) is 0 Å². The molecule has 0 spiro atoms. The number of hydrazine groups is 1. The van der Waals surface area contributed by atoms with E-state index in [1.807, 2.05) is 37.3 Å². The maximum absolute atomic E-state index is 13.2. The number of para-hydroxylation sites is 1. The van der Waals surface area contributed by atoms with Crippen molar-refractivity contribution in [1.82, 2.24) is 20.5 Å². The molecule has 2 aromatic rings. The quantitative estimate of drug-likeness (QED) is 0.444. The highest BCUT2D eigenvalue weighted by Crippen LogP contribution is 2.25. The van der Waals surface area contributed by atoms with Crippen LogP contribution in [0.1, 0.15) is 17.3 Å². The molecule has 1 saturated heterocycles. The number of rotatable bonds is 5. The topological polar surface area (TPSA) is 93.8 Å². The molecule has 0 radical (unpaired) electrons. The predicted octanol–water partition coefficient (Wildman–Crippen LogP) is 1.98. The van der Waals surface area contributed by atoms with Gasteiger partial charge in [0, 0.05) is 38.4 Å². The molecule has 0 aliphatic carbocycles. The van der Waals surface area contributed by atoms with Crippen LogP contribution in [-0.4, -0.2) is 56.5 Å². The average Bonchev–Trinajstić information content (AvgIpc) is 2.78. The van der Waals surface area contributed by atoms with Gasteiger partial charge in [-0.2, -0.15) is 4.31 Å². The van der Waals surface area contributed by atoms with Gasteiger partial charge in [0.15, 0.2) is 5.11 Å². The number of hydrogen-bond acceptors (Lipinski definition) is 5. The first kappa shape index (κ1) is 23.3. The Morgan fingerprint density at radius 1 is 1.06 bits per heavy atom. The minimum absolute atomic E-state index is 0.0180. The Morgan fingerprint density at radius 3 is 2.39 bits per heavy atom. The summed E-state index contributed by atoms with van der Waals surface area (Å²) in [5.74, 6) is -0.587. The molecule has 0 unspecified atom stereocenters. The third-order valence-corrected chi connectivity index (χ3v) is 7.28. The van der Waals surface area contributed by atoms with Gasteiger partial charge >= 0.3 is 0 Å². The Hall–Kier alpha value is -2.40. The van der Waals surface area contributed by atoms with E-state index in [1.165, 1.54) is 22.5 Å². The molecule has 3 rings (SSSR count). The summed E-state index contributed by atoms with van der Waals surface area (Å²) >= 11 is 11.1. The van der Waals surface area contributed by atoms with Crippen LogP contribution < -0.4 is 21.1 Å². The van der Waals surface area contributed by atoms with E-state index < -0.39 is 15.9 Å². The number of carbonyl (C=O) groups excluding carboxylic acids is 1. The zero-order valence-corrected chi connectivity index (χ0v) is 19.4. The van der Waals surface area contributed by atoms with E-state index in [0.717, 1.165) is 5.69 Å². The Balaban J connectivity index is 1.71. The fourth-order valence-electron chi connectivity index (χ4n) is 3.20. The van der Waals surface area contributed by atoms with Gasteiger partial charge in [-0.25, -0.2) is 8.42 Å². The summed E-state index contributed by atoms with van der Waals surface area (Å²) in [5.41, 5.74) is 6.06. The third-order valence-electron chi connectivity index (χ3n) is 4.81. The number of nitrogens with one attached hydrogen (secondary N) is 3. The molecule has 11 heteroatoms. The predicted molar refractivity (Wildman–Crippen MR) is 126 cm³/mol. The van der Waals surface area contributed by atoms with Crippen molar-refractivity contribution in [1.29, 1.82) is 0 Å². The summed E-state index contributed by atoms with van der Waals surface area (Å²) in [4.78, 5) is 14.6. The summed E-state index contributed by atoms with van der Waals surface area (Å²) < 4.78 is 27.7. The lowest BCUT2D eigenvalue weighted by atomic mass is 10.2. The van der Waals surface area contributed by atoms with Gasteiger partial charge in [-0.3, -0.25) is 15.6 Å². The van der Waals surface area contributed by atoms with Crippen LogP contribution >= 0.6 is 23.8 Å². The monoisotopic (exact) mass is 481 g/mol. The Bertz CT molecular complexity index is 1040. The highest BCUT2D eigenvalue weighted by molar-refractivity contribution is 7.89. The highest BCUT2D eigenvalue weighted by atomic mass is 35.5. The molecular formula is C20H24ClN5O3S2. The van der Waals surface area contributed by atoms with Crippen molar-refractivity contribution in [3.05, 3.63) is 59.1 Å². The fraction of sp³-hybridized carbons (Fsp3) is 0.300. The zero-order chi connectivity index (χ0) is 22.4. The van der Waals surface area contributed by atoms with E-state index in [4.69, 9.17) is 23.8 Å². The first-order chi connectivity index (χ1) is 14.8. The number of anilines is 1. The lowest BCUT2D eigenvalue weighted by molar-refractivity contribution is 0.0943. The van der Waals surface area contributed by atoms with Crippen LogP contribution in [0.4, 0.5) is 5.69 Å². The number of benzene rings is 2. The number of hydrogen-bond donors (Lipinski definition) is 3. The van der Waals surface area contributed by atoms with Crippen LogP contribution in [0.3, 0.4) is 0 Å². The number of amides is 1. The summed E-state index contributed by atoms with van der Waals surface area (Å²) in [6.45, 7) is 4.31. The number of halogens is 1. The second-order valence-electron chi connectivity index (χ2n) is 6.81.